The molecule has 0 saturated carbocycles. The van der Waals surface area contributed by atoms with E-state index in [2.05, 4.69) is 24.3 Å². The van der Waals surface area contributed by atoms with Crippen molar-refractivity contribution in [1.29, 1.82) is 0 Å². The van der Waals surface area contributed by atoms with Crippen molar-refractivity contribution in [2.75, 3.05) is 6.54 Å². The number of nitrogens with two attached hydrogens (primary N) is 2. The Bertz CT molecular complexity index is 437. The van der Waals surface area contributed by atoms with Gasteiger partial charge in [-0.15, -0.1) is 0 Å². The number of fused-ring (bicyclic) bond motifs is 1. The van der Waals surface area contributed by atoms with Gasteiger partial charge in [0, 0.05) is 12.6 Å². The van der Waals surface area contributed by atoms with Crippen LogP contribution in [0.15, 0.2) is 42.5 Å². The third-order valence-electron chi connectivity index (χ3n) is 2.46. The normalized spacial score (nSPS) is 13.0. The minimum absolute atomic E-state index is 0.0559. The SMILES string of the molecule is NC[C@@H](N)c1ccc2ccccc2c1. The number of benzene rings is 2. The molecule has 14 heavy (non-hydrogen) atoms. The van der Waals surface area contributed by atoms with Crippen LogP contribution in [0.5, 0.6) is 0 Å². The molecule has 0 aliphatic carbocycles. The highest BCUT2D eigenvalue weighted by Crippen LogP contribution is 2.18. The Morgan fingerprint density at radius 2 is 1.71 bits per heavy atom. The summed E-state index contributed by atoms with van der Waals surface area (Å²) in [4.78, 5) is 0. The molecule has 2 rings (SSSR count). The van der Waals surface area contributed by atoms with Crippen LogP contribution in [0, 0.1) is 0 Å². The maximum atomic E-state index is 5.86. The molecule has 0 amide bonds. The lowest BCUT2D eigenvalue weighted by Gasteiger charge is -2.09. The molecule has 0 aromatic heterocycles. The fourth-order valence-electron chi connectivity index (χ4n) is 1.57. The van der Waals surface area contributed by atoms with E-state index in [-0.39, 0.29) is 6.04 Å². The summed E-state index contributed by atoms with van der Waals surface area (Å²) in [5.41, 5.74) is 12.5. The van der Waals surface area contributed by atoms with E-state index in [4.69, 9.17) is 11.5 Å². The molecule has 0 spiro atoms. The van der Waals surface area contributed by atoms with Crippen LogP contribution in [0.3, 0.4) is 0 Å². The van der Waals surface area contributed by atoms with Crippen LogP contribution < -0.4 is 11.5 Å². The van der Waals surface area contributed by atoms with Gasteiger partial charge in [-0.2, -0.15) is 0 Å². The highest BCUT2D eigenvalue weighted by Gasteiger charge is 2.03. The Labute approximate surface area is 83.5 Å². The first-order valence-corrected chi connectivity index (χ1v) is 4.75. The van der Waals surface area contributed by atoms with E-state index in [0.29, 0.717) is 6.54 Å². The molecule has 4 N–H and O–H groups in total. The molecule has 2 nitrogen and oxygen atoms in total. The average Bonchev–Trinajstić information content (AvgIpc) is 2.27. The van der Waals surface area contributed by atoms with Gasteiger partial charge in [0.25, 0.3) is 0 Å². The lowest BCUT2D eigenvalue weighted by atomic mass is 10.0. The van der Waals surface area contributed by atoms with Crippen LogP contribution in [0.2, 0.25) is 0 Å². The van der Waals surface area contributed by atoms with Crippen molar-refractivity contribution in [3.63, 3.8) is 0 Å². The van der Waals surface area contributed by atoms with Crippen LogP contribution in [-0.4, -0.2) is 6.54 Å². The zero-order valence-electron chi connectivity index (χ0n) is 7.98. The second-order valence-electron chi connectivity index (χ2n) is 3.45. The van der Waals surface area contributed by atoms with Crippen LogP contribution in [0.1, 0.15) is 11.6 Å². The highest BCUT2D eigenvalue weighted by molar-refractivity contribution is 5.83. The van der Waals surface area contributed by atoms with Gasteiger partial charge < -0.3 is 11.5 Å². The molecule has 0 bridgehead atoms. The molecule has 0 aliphatic rings. The zero-order valence-corrected chi connectivity index (χ0v) is 7.98. The van der Waals surface area contributed by atoms with E-state index < -0.39 is 0 Å². The molecule has 0 saturated heterocycles. The van der Waals surface area contributed by atoms with Gasteiger partial charge in [0.15, 0.2) is 0 Å². The van der Waals surface area contributed by atoms with E-state index in [9.17, 15) is 0 Å². The van der Waals surface area contributed by atoms with Gasteiger partial charge in [-0.3, -0.25) is 0 Å². The van der Waals surface area contributed by atoms with Crippen molar-refractivity contribution in [2.45, 2.75) is 6.04 Å². The monoisotopic (exact) mass is 186 g/mol. The summed E-state index contributed by atoms with van der Waals surface area (Å²) in [6.45, 7) is 0.484. The Kier molecular flexibility index (Phi) is 2.48. The van der Waals surface area contributed by atoms with Crippen LogP contribution >= 0.6 is 0 Å². The Hall–Kier alpha value is -1.38. The highest BCUT2D eigenvalue weighted by atomic mass is 14.7. The predicted molar refractivity (Wildman–Crippen MR) is 59.9 cm³/mol. The summed E-state index contributed by atoms with van der Waals surface area (Å²) in [6, 6.07) is 14.4. The quantitative estimate of drug-likeness (QED) is 0.751. The maximum Gasteiger partial charge on any atom is 0.0419 e. The van der Waals surface area contributed by atoms with Crippen molar-refractivity contribution in [1.82, 2.24) is 0 Å². The second kappa shape index (κ2) is 3.78. The molecule has 2 heteroatoms. The molecule has 72 valence electrons. The van der Waals surface area contributed by atoms with Gasteiger partial charge in [-0.05, 0) is 22.4 Å². The fraction of sp³-hybridized carbons (Fsp3) is 0.167. The largest absolute Gasteiger partial charge is 0.329 e. The third-order valence-corrected chi connectivity index (χ3v) is 2.46. The van der Waals surface area contributed by atoms with E-state index >= 15 is 0 Å². The van der Waals surface area contributed by atoms with Crippen molar-refractivity contribution < 1.29 is 0 Å². The summed E-state index contributed by atoms with van der Waals surface area (Å²) in [5.74, 6) is 0. The minimum atomic E-state index is -0.0559. The van der Waals surface area contributed by atoms with Crippen molar-refractivity contribution in [2.24, 2.45) is 11.5 Å². The van der Waals surface area contributed by atoms with Gasteiger partial charge in [-0.1, -0.05) is 36.4 Å². The summed E-state index contributed by atoms with van der Waals surface area (Å²) < 4.78 is 0. The third kappa shape index (κ3) is 1.62. The molecule has 0 heterocycles. The van der Waals surface area contributed by atoms with Crippen LogP contribution in [0.4, 0.5) is 0 Å². The fourth-order valence-corrected chi connectivity index (χ4v) is 1.57. The summed E-state index contributed by atoms with van der Waals surface area (Å²) in [5, 5.41) is 2.45. The van der Waals surface area contributed by atoms with Gasteiger partial charge in [0.1, 0.15) is 0 Å². The first-order valence-electron chi connectivity index (χ1n) is 4.75. The molecular weight excluding hydrogens is 172 g/mol. The minimum Gasteiger partial charge on any atom is -0.329 e. The standard InChI is InChI=1S/C12H14N2/c13-8-12(14)11-6-5-9-3-1-2-4-10(9)7-11/h1-7,12H,8,13-14H2/t12-/m1/s1. The average molecular weight is 186 g/mol. The van der Waals surface area contributed by atoms with Crippen molar-refractivity contribution >= 4 is 10.8 Å². The number of rotatable bonds is 2. The summed E-state index contributed by atoms with van der Waals surface area (Å²) >= 11 is 0. The molecule has 0 radical (unpaired) electrons. The molecule has 1 atom stereocenters. The van der Waals surface area contributed by atoms with Gasteiger partial charge in [0.2, 0.25) is 0 Å². The van der Waals surface area contributed by atoms with E-state index in [1.807, 2.05) is 18.2 Å². The number of hydrogen-bond acceptors (Lipinski definition) is 2. The molecule has 0 aliphatic heterocycles. The molecule has 2 aromatic carbocycles. The summed E-state index contributed by atoms with van der Waals surface area (Å²) in [6.07, 6.45) is 0. The molecule has 0 fully saturated rings. The van der Waals surface area contributed by atoms with Gasteiger partial charge in [-0.25, -0.2) is 0 Å². The lowest BCUT2D eigenvalue weighted by molar-refractivity contribution is 0.738. The second-order valence-corrected chi connectivity index (χ2v) is 3.45. The van der Waals surface area contributed by atoms with Crippen molar-refractivity contribution in [3.05, 3.63) is 48.0 Å². The Morgan fingerprint density at radius 3 is 2.43 bits per heavy atom. The van der Waals surface area contributed by atoms with Crippen LogP contribution in [0.25, 0.3) is 10.8 Å². The van der Waals surface area contributed by atoms with Crippen LogP contribution in [-0.2, 0) is 0 Å². The summed E-state index contributed by atoms with van der Waals surface area (Å²) in [7, 11) is 0. The Balaban J connectivity index is 2.51. The number of hydrogen-bond donors (Lipinski definition) is 2. The molecule has 2 aromatic rings. The maximum absolute atomic E-state index is 5.86. The van der Waals surface area contributed by atoms with E-state index in [0.717, 1.165) is 5.56 Å². The predicted octanol–water partition coefficient (Wildman–Crippen LogP) is 1.80. The first-order chi connectivity index (χ1) is 6.81. The Morgan fingerprint density at radius 1 is 1.00 bits per heavy atom. The van der Waals surface area contributed by atoms with E-state index in [1.165, 1.54) is 10.8 Å². The molecule has 0 unspecified atom stereocenters. The smallest absolute Gasteiger partial charge is 0.0419 e. The zero-order chi connectivity index (χ0) is 9.97. The molecular formula is C12H14N2. The topological polar surface area (TPSA) is 52.0 Å². The van der Waals surface area contributed by atoms with Crippen molar-refractivity contribution in [3.8, 4) is 0 Å². The van der Waals surface area contributed by atoms with Gasteiger partial charge >= 0.3 is 0 Å². The van der Waals surface area contributed by atoms with Gasteiger partial charge in [0.05, 0.1) is 0 Å². The lowest BCUT2D eigenvalue weighted by Crippen LogP contribution is -2.20. The first kappa shape index (κ1) is 9.19. The van der Waals surface area contributed by atoms with E-state index in [1.54, 1.807) is 0 Å².